The van der Waals surface area contributed by atoms with Crippen molar-refractivity contribution in [1.82, 2.24) is 10.2 Å². The highest BCUT2D eigenvalue weighted by Crippen LogP contribution is 2.25. The van der Waals surface area contributed by atoms with Gasteiger partial charge in [-0.1, -0.05) is 12.1 Å². The van der Waals surface area contributed by atoms with Crippen LogP contribution in [0.15, 0.2) is 41.0 Å². The minimum atomic E-state index is 0.258. The third kappa shape index (κ3) is 4.54. The molecule has 4 rings (SSSR count). The second kappa shape index (κ2) is 8.91. The molecule has 2 fully saturated rings. The first-order valence-corrected chi connectivity index (χ1v) is 10.2. The van der Waals surface area contributed by atoms with Gasteiger partial charge in [0.25, 0.3) is 0 Å². The number of nitrogens with one attached hydrogen (secondary N) is 1. The molecule has 3 heterocycles. The van der Waals surface area contributed by atoms with Crippen LogP contribution in [0.2, 0.25) is 0 Å². The molecule has 146 valence electrons. The fourth-order valence-electron chi connectivity index (χ4n) is 4.27. The molecule has 1 aromatic heterocycles. The minimum absolute atomic E-state index is 0.258. The summed E-state index contributed by atoms with van der Waals surface area (Å²) in [6.45, 7) is 9.89. The zero-order valence-electron chi connectivity index (χ0n) is 16.3. The molecule has 2 aromatic rings. The SMILES string of the molecule is Cc1cc(CNCC(c2ccco2)N2CCOCC2)ccc1N1CCCC1. The number of aryl methyl sites for hydroxylation is 1. The highest BCUT2D eigenvalue weighted by molar-refractivity contribution is 5.55. The van der Waals surface area contributed by atoms with Crippen molar-refractivity contribution in [3.8, 4) is 0 Å². The van der Waals surface area contributed by atoms with Crippen molar-refractivity contribution in [3.63, 3.8) is 0 Å². The summed E-state index contributed by atoms with van der Waals surface area (Å²) in [5, 5.41) is 3.65. The highest BCUT2D eigenvalue weighted by Gasteiger charge is 2.24. The molecule has 0 bridgehead atoms. The third-order valence-electron chi connectivity index (χ3n) is 5.73. The molecule has 2 aliphatic heterocycles. The Kier molecular flexibility index (Phi) is 6.12. The molecule has 27 heavy (non-hydrogen) atoms. The number of hydrogen-bond donors (Lipinski definition) is 1. The van der Waals surface area contributed by atoms with Gasteiger partial charge < -0.3 is 19.4 Å². The first-order valence-electron chi connectivity index (χ1n) is 10.2. The smallest absolute Gasteiger partial charge is 0.122 e. The first-order chi connectivity index (χ1) is 13.3. The van der Waals surface area contributed by atoms with Crippen LogP contribution in [-0.2, 0) is 11.3 Å². The Morgan fingerprint density at radius 1 is 1.07 bits per heavy atom. The van der Waals surface area contributed by atoms with Gasteiger partial charge in [0.1, 0.15) is 5.76 Å². The van der Waals surface area contributed by atoms with Gasteiger partial charge in [-0.25, -0.2) is 0 Å². The van der Waals surface area contributed by atoms with E-state index >= 15 is 0 Å². The summed E-state index contributed by atoms with van der Waals surface area (Å²) in [5.74, 6) is 1.03. The van der Waals surface area contributed by atoms with Crippen molar-refractivity contribution in [2.24, 2.45) is 0 Å². The summed E-state index contributed by atoms with van der Waals surface area (Å²) in [5.41, 5.74) is 4.13. The maximum atomic E-state index is 5.72. The number of furan rings is 1. The van der Waals surface area contributed by atoms with E-state index in [0.717, 1.165) is 45.2 Å². The highest BCUT2D eigenvalue weighted by atomic mass is 16.5. The molecule has 1 unspecified atom stereocenters. The Hall–Kier alpha value is -1.82. The van der Waals surface area contributed by atoms with Crippen LogP contribution < -0.4 is 10.2 Å². The molecule has 5 nitrogen and oxygen atoms in total. The largest absolute Gasteiger partial charge is 0.468 e. The van der Waals surface area contributed by atoms with E-state index in [4.69, 9.17) is 9.15 Å². The molecular weight excluding hydrogens is 338 g/mol. The van der Waals surface area contributed by atoms with Crippen molar-refractivity contribution in [1.29, 1.82) is 0 Å². The molecule has 0 saturated carbocycles. The number of benzene rings is 1. The lowest BCUT2D eigenvalue weighted by Crippen LogP contribution is -2.42. The maximum Gasteiger partial charge on any atom is 0.122 e. The monoisotopic (exact) mass is 369 g/mol. The topological polar surface area (TPSA) is 40.9 Å². The molecule has 1 N–H and O–H groups in total. The van der Waals surface area contributed by atoms with E-state index < -0.39 is 0 Å². The average molecular weight is 370 g/mol. The van der Waals surface area contributed by atoms with Crippen LogP contribution in [-0.4, -0.2) is 50.8 Å². The van der Waals surface area contributed by atoms with Crippen molar-refractivity contribution < 1.29 is 9.15 Å². The molecule has 2 saturated heterocycles. The zero-order valence-corrected chi connectivity index (χ0v) is 16.3. The van der Waals surface area contributed by atoms with E-state index in [1.165, 1.54) is 42.7 Å². The normalized spacial score (nSPS) is 19.5. The lowest BCUT2D eigenvalue weighted by Gasteiger charge is -2.33. The standard InChI is InChI=1S/C22H31N3O2/c1-18-15-19(6-7-20(18)24-8-2-3-9-24)16-23-17-21(22-5-4-12-27-22)25-10-13-26-14-11-25/h4-7,12,15,21,23H,2-3,8-11,13-14,16-17H2,1H3. The number of nitrogens with zero attached hydrogens (tertiary/aromatic N) is 2. The molecule has 0 radical (unpaired) electrons. The predicted octanol–water partition coefficient (Wildman–Crippen LogP) is 3.35. The van der Waals surface area contributed by atoms with Gasteiger partial charge in [-0.05, 0) is 49.1 Å². The van der Waals surface area contributed by atoms with E-state index in [-0.39, 0.29) is 6.04 Å². The van der Waals surface area contributed by atoms with Crippen molar-refractivity contribution in [3.05, 3.63) is 53.5 Å². The fourth-order valence-corrected chi connectivity index (χ4v) is 4.27. The number of ether oxygens (including phenoxy) is 1. The van der Waals surface area contributed by atoms with Crippen molar-refractivity contribution >= 4 is 5.69 Å². The molecule has 5 heteroatoms. The van der Waals surface area contributed by atoms with Crippen LogP contribution in [0.1, 0.15) is 35.8 Å². The van der Waals surface area contributed by atoms with Gasteiger partial charge in [0.15, 0.2) is 0 Å². The lowest BCUT2D eigenvalue weighted by atomic mass is 10.1. The molecular formula is C22H31N3O2. The quantitative estimate of drug-likeness (QED) is 0.811. The second-order valence-corrected chi connectivity index (χ2v) is 7.63. The minimum Gasteiger partial charge on any atom is -0.468 e. The van der Waals surface area contributed by atoms with Gasteiger partial charge in [-0.3, -0.25) is 4.90 Å². The van der Waals surface area contributed by atoms with Crippen LogP contribution in [0.5, 0.6) is 0 Å². The van der Waals surface area contributed by atoms with E-state index in [0.29, 0.717) is 0 Å². The second-order valence-electron chi connectivity index (χ2n) is 7.63. The number of hydrogen-bond acceptors (Lipinski definition) is 5. The van der Waals surface area contributed by atoms with Gasteiger partial charge >= 0.3 is 0 Å². The maximum absolute atomic E-state index is 5.72. The summed E-state index contributed by atoms with van der Waals surface area (Å²) in [7, 11) is 0. The van der Waals surface area contributed by atoms with E-state index in [1.54, 1.807) is 6.26 Å². The lowest BCUT2D eigenvalue weighted by molar-refractivity contribution is 0.0116. The zero-order chi connectivity index (χ0) is 18.5. The van der Waals surface area contributed by atoms with Gasteiger partial charge in [-0.2, -0.15) is 0 Å². The van der Waals surface area contributed by atoms with Crippen LogP contribution >= 0.6 is 0 Å². The van der Waals surface area contributed by atoms with Crippen LogP contribution in [0, 0.1) is 6.92 Å². The molecule has 0 amide bonds. The summed E-state index contributed by atoms with van der Waals surface area (Å²) in [6, 6.07) is 11.2. The average Bonchev–Trinajstić information content (AvgIpc) is 3.40. The Bertz CT molecular complexity index is 704. The Labute approximate surface area is 162 Å². The van der Waals surface area contributed by atoms with Gasteiger partial charge in [0, 0.05) is 45.0 Å². The third-order valence-corrected chi connectivity index (χ3v) is 5.73. The Morgan fingerprint density at radius 2 is 1.89 bits per heavy atom. The van der Waals surface area contributed by atoms with Gasteiger partial charge in [-0.15, -0.1) is 0 Å². The van der Waals surface area contributed by atoms with E-state index in [9.17, 15) is 0 Å². The van der Waals surface area contributed by atoms with Crippen LogP contribution in [0.3, 0.4) is 0 Å². The molecule has 0 spiro atoms. The van der Waals surface area contributed by atoms with Gasteiger partial charge in [0.05, 0.1) is 25.5 Å². The number of anilines is 1. The van der Waals surface area contributed by atoms with Crippen molar-refractivity contribution in [2.45, 2.75) is 32.4 Å². The molecule has 1 atom stereocenters. The van der Waals surface area contributed by atoms with E-state index in [1.807, 2.05) is 6.07 Å². The van der Waals surface area contributed by atoms with Gasteiger partial charge in [0.2, 0.25) is 0 Å². The summed E-state index contributed by atoms with van der Waals surface area (Å²) >= 11 is 0. The summed E-state index contributed by atoms with van der Waals surface area (Å²) in [4.78, 5) is 4.97. The fraction of sp³-hybridized carbons (Fsp3) is 0.545. The Morgan fingerprint density at radius 3 is 2.59 bits per heavy atom. The van der Waals surface area contributed by atoms with Crippen molar-refractivity contribution in [2.75, 3.05) is 50.8 Å². The molecule has 0 aliphatic carbocycles. The number of rotatable bonds is 7. The molecule has 1 aromatic carbocycles. The molecule has 2 aliphatic rings. The first kappa shape index (κ1) is 18.5. The summed E-state index contributed by atoms with van der Waals surface area (Å²) < 4.78 is 11.2. The van der Waals surface area contributed by atoms with Crippen LogP contribution in [0.4, 0.5) is 5.69 Å². The predicted molar refractivity (Wildman–Crippen MR) is 108 cm³/mol. The van der Waals surface area contributed by atoms with E-state index in [2.05, 4.69) is 46.3 Å². The summed E-state index contributed by atoms with van der Waals surface area (Å²) in [6.07, 6.45) is 4.40. The Balaban J connectivity index is 1.36. The number of morpholine rings is 1. The van der Waals surface area contributed by atoms with Crippen LogP contribution in [0.25, 0.3) is 0 Å².